The zero-order chi connectivity index (χ0) is 14.8. The van der Waals surface area contributed by atoms with Crippen LogP contribution in [-0.4, -0.2) is 66.7 Å². The number of methoxy groups -OCH3 is 1. The van der Waals surface area contributed by atoms with Crippen molar-refractivity contribution < 1.29 is 24.2 Å². The van der Waals surface area contributed by atoms with Gasteiger partial charge in [-0.1, -0.05) is 0 Å². The minimum atomic E-state index is -1.07. The highest BCUT2D eigenvalue weighted by molar-refractivity contribution is 7.98. The van der Waals surface area contributed by atoms with Gasteiger partial charge in [-0.05, 0) is 18.4 Å². The molecule has 7 nitrogen and oxygen atoms in total. The Labute approximate surface area is 116 Å². The van der Waals surface area contributed by atoms with Crippen molar-refractivity contribution in [2.24, 2.45) is 0 Å². The zero-order valence-electron chi connectivity index (χ0n) is 11.3. The van der Waals surface area contributed by atoms with Crippen molar-refractivity contribution >= 4 is 29.7 Å². The van der Waals surface area contributed by atoms with E-state index >= 15 is 0 Å². The maximum Gasteiger partial charge on any atom is 0.326 e. The van der Waals surface area contributed by atoms with Gasteiger partial charge in [0.05, 0.1) is 13.5 Å². The fourth-order valence-corrected chi connectivity index (χ4v) is 1.69. The van der Waals surface area contributed by atoms with Crippen LogP contribution in [0.3, 0.4) is 0 Å². The third-order valence-corrected chi connectivity index (χ3v) is 3.08. The first-order valence-corrected chi connectivity index (χ1v) is 7.12. The smallest absolute Gasteiger partial charge is 0.326 e. The third-order valence-electron chi connectivity index (χ3n) is 2.43. The minimum Gasteiger partial charge on any atom is -0.480 e. The standard InChI is InChI=1S/C11H20N2O5S/c1-13(6-4-9(14)18-2)11(17)12-8(10(15)16)5-7-19-3/h8H,4-7H2,1-3H3,(H,12,17)(H,15,16). The van der Waals surface area contributed by atoms with Gasteiger partial charge in [-0.2, -0.15) is 11.8 Å². The number of carbonyl (C=O) groups excluding carboxylic acids is 2. The minimum absolute atomic E-state index is 0.0724. The predicted molar refractivity (Wildman–Crippen MR) is 72.2 cm³/mol. The van der Waals surface area contributed by atoms with Gasteiger partial charge in [0.2, 0.25) is 0 Å². The molecule has 0 heterocycles. The summed E-state index contributed by atoms with van der Waals surface area (Å²) < 4.78 is 4.46. The molecule has 8 heteroatoms. The lowest BCUT2D eigenvalue weighted by Crippen LogP contribution is -2.47. The lowest BCUT2D eigenvalue weighted by atomic mass is 10.2. The molecule has 2 N–H and O–H groups in total. The van der Waals surface area contributed by atoms with Crippen LogP contribution < -0.4 is 5.32 Å². The second-order valence-corrected chi connectivity index (χ2v) is 4.86. The number of carboxylic acids is 1. The van der Waals surface area contributed by atoms with Gasteiger partial charge in [0.15, 0.2) is 0 Å². The van der Waals surface area contributed by atoms with Crippen molar-refractivity contribution in [3.63, 3.8) is 0 Å². The number of carboxylic acid groups (broad SMARTS) is 1. The number of esters is 1. The monoisotopic (exact) mass is 292 g/mol. The molecule has 0 radical (unpaired) electrons. The van der Waals surface area contributed by atoms with E-state index in [0.717, 1.165) is 0 Å². The van der Waals surface area contributed by atoms with Crippen LogP contribution in [-0.2, 0) is 14.3 Å². The molecule has 110 valence electrons. The molecular formula is C11H20N2O5S. The summed E-state index contributed by atoms with van der Waals surface area (Å²) in [7, 11) is 2.76. The summed E-state index contributed by atoms with van der Waals surface area (Å²) in [5, 5.41) is 11.4. The highest BCUT2D eigenvalue weighted by Crippen LogP contribution is 2.02. The lowest BCUT2D eigenvalue weighted by molar-refractivity contribution is -0.141. The first kappa shape index (κ1) is 17.6. The summed E-state index contributed by atoms with van der Waals surface area (Å²) in [6.45, 7) is 0.174. The average Bonchev–Trinajstić information content (AvgIpc) is 2.39. The molecule has 0 rings (SSSR count). The molecule has 1 unspecified atom stereocenters. The van der Waals surface area contributed by atoms with Crippen LogP contribution in [0.2, 0.25) is 0 Å². The number of aliphatic carboxylic acids is 1. The summed E-state index contributed by atoms with van der Waals surface area (Å²) in [5.41, 5.74) is 0. The molecular weight excluding hydrogens is 272 g/mol. The number of urea groups is 1. The maximum absolute atomic E-state index is 11.7. The molecule has 19 heavy (non-hydrogen) atoms. The molecule has 0 aromatic carbocycles. The molecule has 2 amide bonds. The Morgan fingerprint density at radius 2 is 2.05 bits per heavy atom. The number of hydrogen-bond acceptors (Lipinski definition) is 5. The van der Waals surface area contributed by atoms with Gasteiger partial charge in [-0.25, -0.2) is 9.59 Å². The number of carbonyl (C=O) groups is 3. The van der Waals surface area contributed by atoms with E-state index in [-0.39, 0.29) is 13.0 Å². The summed E-state index contributed by atoms with van der Waals surface area (Å²) in [4.78, 5) is 34.9. The number of ether oxygens (including phenoxy) is 1. The van der Waals surface area contributed by atoms with Gasteiger partial charge in [-0.15, -0.1) is 0 Å². The van der Waals surface area contributed by atoms with Gasteiger partial charge < -0.3 is 20.1 Å². The number of rotatable bonds is 8. The fourth-order valence-electron chi connectivity index (χ4n) is 1.21. The molecule has 0 aliphatic rings. The van der Waals surface area contributed by atoms with E-state index in [4.69, 9.17) is 5.11 Å². The normalized spacial score (nSPS) is 11.5. The van der Waals surface area contributed by atoms with Gasteiger partial charge in [-0.3, -0.25) is 4.79 Å². The van der Waals surface area contributed by atoms with Crippen LogP contribution in [0.15, 0.2) is 0 Å². The highest BCUT2D eigenvalue weighted by atomic mass is 32.2. The molecule has 0 aliphatic carbocycles. The van der Waals surface area contributed by atoms with Crippen LogP contribution in [0.5, 0.6) is 0 Å². The molecule has 0 aromatic heterocycles. The molecule has 1 atom stereocenters. The van der Waals surface area contributed by atoms with Gasteiger partial charge in [0, 0.05) is 13.6 Å². The Kier molecular flexibility index (Phi) is 8.77. The topological polar surface area (TPSA) is 95.9 Å². The van der Waals surface area contributed by atoms with E-state index < -0.39 is 24.0 Å². The molecule has 0 aliphatic heterocycles. The van der Waals surface area contributed by atoms with Crippen molar-refractivity contribution in [3.8, 4) is 0 Å². The van der Waals surface area contributed by atoms with Crippen molar-refractivity contribution in [3.05, 3.63) is 0 Å². The Bertz CT molecular complexity index is 324. The second-order valence-electron chi connectivity index (χ2n) is 3.87. The average molecular weight is 292 g/mol. The molecule has 0 saturated carbocycles. The quantitative estimate of drug-likeness (QED) is 0.629. The Morgan fingerprint density at radius 1 is 1.42 bits per heavy atom. The van der Waals surface area contributed by atoms with Crippen LogP contribution in [0.25, 0.3) is 0 Å². The predicted octanol–water partition coefficient (Wildman–Crippen LogP) is 0.397. The number of thioether (sulfide) groups is 1. The van der Waals surface area contributed by atoms with E-state index in [1.807, 2.05) is 6.26 Å². The van der Waals surface area contributed by atoms with Gasteiger partial charge in [0.1, 0.15) is 6.04 Å². The number of hydrogen-bond donors (Lipinski definition) is 2. The molecule has 0 spiro atoms. The van der Waals surface area contributed by atoms with Crippen molar-refractivity contribution in [2.75, 3.05) is 32.7 Å². The fraction of sp³-hybridized carbons (Fsp3) is 0.727. The number of amides is 2. The molecule has 0 saturated heterocycles. The first-order valence-electron chi connectivity index (χ1n) is 5.72. The number of nitrogens with one attached hydrogen (secondary N) is 1. The summed E-state index contributed by atoms with van der Waals surface area (Å²) in [6.07, 6.45) is 2.29. The van der Waals surface area contributed by atoms with Gasteiger partial charge >= 0.3 is 18.0 Å². The maximum atomic E-state index is 11.7. The van der Waals surface area contributed by atoms with Crippen LogP contribution in [0.4, 0.5) is 4.79 Å². The van der Waals surface area contributed by atoms with Gasteiger partial charge in [0.25, 0.3) is 0 Å². The van der Waals surface area contributed by atoms with E-state index in [9.17, 15) is 14.4 Å². The Balaban J connectivity index is 4.23. The van der Waals surface area contributed by atoms with Crippen LogP contribution in [0.1, 0.15) is 12.8 Å². The summed E-state index contributed by atoms with van der Waals surface area (Å²) in [6, 6.07) is -1.43. The highest BCUT2D eigenvalue weighted by Gasteiger charge is 2.21. The Morgan fingerprint density at radius 3 is 2.53 bits per heavy atom. The second kappa shape index (κ2) is 9.48. The van der Waals surface area contributed by atoms with E-state index in [1.54, 1.807) is 0 Å². The summed E-state index contributed by atoms with van der Waals surface area (Å²) in [5.74, 6) is -0.844. The van der Waals surface area contributed by atoms with Crippen molar-refractivity contribution in [1.82, 2.24) is 10.2 Å². The largest absolute Gasteiger partial charge is 0.480 e. The van der Waals surface area contributed by atoms with E-state index in [1.165, 1.54) is 30.8 Å². The molecule has 0 aromatic rings. The summed E-state index contributed by atoms with van der Waals surface area (Å²) >= 11 is 1.51. The zero-order valence-corrected chi connectivity index (χ0v) is 12.2. The molecule has 0 fully saturated rings. The van der Waals surface area contributed by atoms with Crippen LogP contribution >= 0.6 is 11.8 Å². The third kappa shape index (κ3) is 7.55. The molecule has 0 bridgehead atoms. The SMILES string of the molecule is COC(=O)CCN(C)C(=O)NC(CCSC)C(=O)O. The Hall–Kier alpha value is -1.44. The lowest BCUT2D eigenvalue weighted by Gasteiger charge is -2.20. The van der Waals surface area contributed by atoms with E-state index in [2.05, 4.69) is 10.1 Å². The first-order chi connectivity index (χ1) is 8.92. The van der Waals surface area contributed by atoms with Crippen molar-refractivity contribution in [2.45, 2.75) is 18.9 Å². The number of nitrogens with zero attached hydrogens (tertiary/aromatic N) is 1. The van der Waals surface area contributed by atoms with E-state index in [0.29, 0.717) is 12.2 Å². The van der Waals surface area contributed by atoms with Crippen LogP contribution in [0, 0.1) is 0 Å². The van der Waals surface area contributed by atoms with Crippen molar-refractivity contribution in [1.29, 1.82) is 0 Å².